The molecule has 0 radical (unpaired) electrons. The van der Waals surface area contributed by atoms with Crippen molar-refractivity contribution in [3.8, 4) is 0 Å². The van der Waals surface area contributed by atoms with Crippen LogP contribution in [0.4, 0.5) is 0 Å². The normalized spacial score (nSPS) is 37.5. The van der Waals surface area contributed by atoms with E-state index >= 15 is 0 Å². The van der Waals surface area contributed by atoms with E-state index in [1.165, 1.54) is 25.8 Å². The summed E-state index contributed by atoms with van der Waals surface area (Å²) in [6.45, 7) is 4.19. The lowest BCUT2D eigenvalue weighted by atomic mass is 10.1. The summed E-state index contributed by atoms with van der Waals surface area (Å²) in [5, 5.41) is 9.50. The molecule has 0 aromatic carbocycles. The first-order valence-electron chi connectivity index (χ1n) is 5.23. The highest BCUT2D eigenvalue weighted by Gasteiger charge is 2.43. The molecule has 3 atom stereocenters. The Hall–Kier alpha value is -0.0800. The zero-order valence-electron chi connectivity index (χ0n) is 7.87. The highest BCUT2D eigenvalue weighted by Crippen LogP contribution is 2.42. The average Bonchev–Trinajstić information content (AvgIpc) is 2.84. The quantitative estimate of drug-likeness (QED) is 0.687. The Morgan fingerprint density at radius 1 is 1.58 bits per heavy atom. The first-order chi connectivity index (χ1) is 5.81. The van der Waals surface area contributed by atoms with Gasteiger partial charge in [-0.2, -0.15) is 0 Å². The number of likely N-dealkylation sites (tertiary alicyclic amines) is 1. The van der Waals surface area contributed by atoms with E-state index in [1.807, 2.05) is 0 Å². The van der Waals surface area contributed by atoms with Crippen molar-refractivity contribution in [2.45, 2.75) is 44.8 Å². The molecular weight excluding hydrogens is 150 g/mol. The maximum atomic E-state index is 9.50. The summed E-state index contributed by atoms with van der Waals surface area (Å²) in [5.41, 5.74) is 0. The van der Waals surface area contributed by atoms with Crippen LogP contribution in [0.2, 0.25) is 0 Å². The molecule has 0 spiro atoms. The molecule has 1 heterocycles. The zero-order chi connectivity index (χ0) is 8.55. The van der Waals surface area contributed by atoms with Crippen molar-refractivity contribution in [2.75, 3.05) is 13.1 Å². The number of fused-ring (bicyclic) bond motifs is 1. The number of nitrogens with zero attached hydrogens (tertiary/aromatic N) is 1. The van der Waals surface area contributed by atoms with Crippen LogP contribution < -0.4 is 0 Å². The summed E-state index contributed by atoms with van der Waals surface area (Å²) in [6, 6.07) is 0.847. The van der Waals surface area contributed by atoms with E-state index in [4.69, 9.17) is 0 Å². The first-order valence-corrected chi connectivity index (χ1v) is 5.23. The molecule has 0 aromatic heterocycles. The third kappa shape index (κ3) is 1.64. The van der Waals surface area contributed by atoms with Gasteiger partial charge in [-0.1, -0.05) is 6.92 Å². The molecule has 0 bridgehead atoms. The smallest absolute Gasteiger partial charge is 0.0664 e. The fourth-order valence-corrected chi connectivity index (χ4v) is 2.34. The van der Waals surface area contributed by atoms with Gasteiger partial charge in [-0.3, -0.25) is 4.90 Å². The summed E-state index contributed by atoms with van der Waals surface area (Å²) >= 11 is 0. The Morgan fingerprint density at radius 3 is 3.17 bits per heavy atom. The molecule has 1 saturated carbocycles. The van der Waals surface area contributed by atoms with Crippen molar-refractivity contribution >= 4 is 0 Å². The van der Waals surface area contributed by atoms with Crippen LogP contribution in [-0.4, -0.2) is 35.2 Å². The maximum Gasteiger partial charge on any atom is 0.0664 e. The second-order valence-corrected chi connectivity index (χ2v) is 4.26. The van der Waals surface area contributed by atoms with E-state index in [0.717, 1.165) is 24.9 Å². The van der Waals surface area contributed by atoms with E-state index in [0.29, 0.717) is 0 Å². The maximum absolute atomic E-state index is 9.50. The van der Waals surface area contributed by atoms with E-state index in [2.05, 4.69) is 11.8 Å². The lowest BCUT2D eigenvalue weighted by Crippen LogP contribution is -2.37. The minimum Gasteiger partial charge on any atom is -0.392 e. The number of hydrogen-bond donors (Lipinski definition) is 1. The van der Waals surface area contributed by atoms with Crippen LogP contribution >= 0.6 is 0 Å². The summed E-state index contributed by atoms with van der Waals surface area (Å²) in [7, 11) is 0. The fourth-order valence-electron chi connectivity index (χ4n) is 2.34. The lowest BCUT2D eigenvalue weighted by molar-refractivity contribution is 0.0927. The summed E-state index contributed by atoms with van der Waals surface area (Å²) < 4.78 is 0. The molecule has 12 heavy (non-hydrogen) atoms. The Kier molecular flexibility index (Phi) is 2.37. The molecule has 0 amide bonds. The number of aliphatic hydroxyl groups is 1. The van der Waals surface area contributed by atoms with Crippen LogP contribution in [0.1, 0.15) is 32.6 Å². The second-order valence-electron chi connectivity index (χ2n) is 4.26. The van der Waals surface area contributed by atoms with Crippen molar-refractivity contribution in [2.24, 2.45) is 5.92 Å². The predicted molar refractivity (Wildman–Crippen MR) is 49.0 cm³/mol. The van der Waals surface area contributed by atoms with Gasteiger partial charge in [0.2, 0.25) is 0 Å². The molecule has 1 aliphatic heterocycles. The Morgan fingerprint density at radius 2 is 2.42 bits per heavy atom. The third-order valence-electron chi connectivity index (χ3n) is 3.29. The highest BCUT2D eigenvalue weighted by molar-refractivity contribution is 4.98. The lowest BCUT2D eigenvalue weighted by Gasteiger charge is -2.28. The van der Waals surface area contributed by atoms with Gasteiger partial charge in [0.1, 0.15) is 0 Å². The molecule has 2 nitrogen and oxygen atoms in total. The molecule has 0 aromatic rings. The standard InChI is InChI=1S/C10H19NO/c1-2-9(12)7-11-5-3-4-8-6-10(8)11/h8-10,12H,2-7H2,1H3/t8-,9+,10+/m1/s1. The summed E-state index contributed by atoms with van der Waals surface area (Å²) in [6.07, 6.45) is 4.98. The number of rotatable bonds is 3. The van der Waals surface area contributed by atoms with E-state index in [9.17, 15) is 5.11 Å². The molecule has 2 rings (SSSR count). The van der Waals surface area contributed by atoms with Gasteiger partial charge in [0.15, 0.2) is 0 Å². The van der Waals surface area contributed by atoms with Crippen molar-refractivity contribution < 1.29 is 5.11 Å². The van der Waals surface area contributed by atoms with Gasteiger partial charge in [-0.05, 0) is 38.1 Å². The SMILES string of the molecule is CC[C@H](O)CN1CCC[C@@H]2C[C@@H]21. The van der Waals surface area contributed by atoms with Crippen LogP contribution in [0.25, 0.3) is 0 Å². The molecule has 70 valence electrons. The summed E-state index contributed by atoms with van der Waals surface area (Å²) in [4.78, 5) is 2.49. The van der Waals surface area contributed by atoms with Gasteiger partial charge >= 0.3 is 0 Å². The highest BCUT2D eigenvalue weighted by atomic mass is 16.3. The van der Waals surface area contributed by atoms with Gasteiger partial charge < -0.3 is 5.11 Å². The van der Waals surface area contributed by atoms with Gasteiger partial charge in [0, 0.05) is 12.6 Å². The first kappa shape index (κ1) is 8.52. The van der Waals surface area contributed by atoms with Crippen LogP contribution in [-0.2, 0) is 0 Å². The van der Waals surface area contributed by atoms with Crippen molar-refractivity contribution in [3.05, 3.63) is 0 Å². The van der Waals surface area contributed by atoms with Crippen LogP contribution in [0, 0.1) is 5.92 Å². The van der Waals surface area contributed by atoms with Crippen molar-refractivity contribution in [1.82, 2.24) is 4.90 Å². The topological polar surface area (TPSA) is 23.5 Å². The van der Waals surface area contributed by atoms with Crippen LogP contribution in [0.3, 0.4) is 0 Å². The molecule has 2 heteroatoms. The fraction of sp³-hybridized carbons (Fsp3) is 1.00. The van der Waals surface area contributed by atoms with Crippen molar-refractivity contribution in [1.29, 1.82) is 0 Å². The monoisotopic (exact) mass is 169 g/mol. The molecule has 1 saturated heterocycles. The predicted octanol–water partition coefficient (Wildman–Crippen LogP) is 1.24. The zero-order valence-corrected chi connectivity index (χ0v) is 7.87. The summed E-state index contributed by atoms with van der Waals surface area (Å²) in [5.74, 6) is 0.989. The van der Waals surface area contributed by atoms with E-state index in [1.54, 1.807) is 0 Å². The van der Waals surface area contributed by atoms with Crippen molar-refractivity contribution in [3.63, 3.8) is 0 Å². The van der Waals surface area contributed by atoms with Gasteiger partial charge in [-0.25, -0.2) is 0 Å². The number of piperidine rings is 1. The molecule has 2 aliphatic rings. The number of hydrogen-bond acceptors (Lipinski definition) is 2. The third-order valence-corrected chi connectivity index (χ3v) is 3.29. The molecule has 0 unspecified atom stereocenters. The van der Waals surface area contributed by atoms with E-state index in [-0.39, 0.29) is 6.10 Å². The molecular formula is C10H19NO. The Labute approximate surface area is 74.6 Å². The van der Waals surface area contributed by atoms with Gasteiger partial charge in [-0.15, -0.1) is 0 Å². The average molecular weight is 169 g/mol. The number of β-amino-alcohol motifs (C(OH)–C–C–N with tert-alkyl or cyclic N) is 1. The van der Waals surface area contributed by atoms with Crippen LogP contribution in [0.15, 0.2) is 0 Å². The van der Waals surface area contributed by atoms with E-state index < -0.39 is 0 Å². The molecule has 2 fully saturated rings. The minimum absolute atomic E-state index is 0.0932. The second kappa shape index (κ2) is 3.35. The number of aliphatic hydroxyl groups excluding tert-OH is 1. The molecule has 1 aliphatic carbocycles. The molecule has 1 N–H and O–H groups in total. The van der Waals surface area contributed by atoms with Gasteiger partial charge in [0.05, 0.1) is 6.10 Å². The minimum atomic E-state index is -0.0932. The Balaban J connectivity index is 1.79. The largest absolute Gasteiger partial charge is 0.392 e. The van der Waals surface area contributed by atoms with Crippen LogP contribution in [0.5, 0.6) is 0 Å². The Bertz CT molecular complexity index is 160. The van der Waals surface area contributed by atoms with Gasteiger partial charge in [0.25, 0.3) is 0 Å².